The van der Waals surface area contributed by atoms with E-state index in [2.05, 4.69) is 0 Å². The van der Waals surface area contributed by atoms with Gasteiger partial charge in [-0.25, -0.2) is 0 Å². The van der Waals surface area contributed by atoms with Gasteiger partial charge in [-0.05, 0) is 6.92 Å². The van der Waals surface area contributed by atoms with Crippen LogP contribution >= 0.6 is 11.6 Å². The minimum Gasteiger partial charge on any atom is -0.506 e. The van der Waals surface area contributed by atoms with E-state index in [0.29, 0.717) is 5.69 Å². The maximum absolute atomic E-state index is 11.1. The molecule has 60 valence electrons. The van der Waals surface area contributed by atoms with Crippen LogP contribution in [0.2, 0.25) is 5.02 Å². The fourth-order valence-corrected chi connectivity index (χ4v) is 0.956. The quantitative estimate of drug-likeness (QED) is 0.638. The molecule has 0 saturated heterocycles. The van der Waals surface area contributed by atoms with Gasteiger partial charge in [0, 0.05) is 18.8 Å². The van der Waals surface area contributed by atoms with Crippen LogP contribution in [0.25, 0.3) is 0 Å². The molecule has 0 aliphatic heterocycles. The van der Waals surface area contributed by atoms with Crippen LogP contribution in [0.3, 0.4) is 0 Å². The van der Waals surface area contributed by atoms with E-state index in [1.807, 2.05) is 0 Å². The molecule has 1 heterocycles. The number of pyridine rings is 1. The molecule has 1 aromatic heterocycles. The number of aromatic nitrogens is 1. The Morgan fingerprint density at radius 1 is 1.64 bits per heavy atom. The first kappa shape index (κ1) is 8.14. The van der Waals surface area contributed by atoms with Crippen LogP contribution in [0.4, 0.5) is 0 Å². The van der Waals surface area contributed by atoms with Crippen molar-refractivity contribution in [3.63, 3.8) is 0 Å². The highest BCUT2D eigenvalue weighted by Gasteiger charge is 2.06. The predicted molar refractivity (Wildman–Crippen MR) is 43.1 cm³/mol. The summed E-state index contributed by atoms with van der Waals surface area (Å²) in [5, 5.41) is 8.93. The van der Waals surface area contributed by atoms with Gasteiger partial charge in [0.1, 0.15) is 10.8 Å². The van der Waals surface area contributed by atoms with Gasteiger partial charge in [0.05, 0.1) is 0 Å². The van der Waals surface area contributed by atoms with Crippen molar-refractivity contribution < 1.29 is 5.11 Å². The number of rotatable bonds is 0. The maximum Gasteiger partial charge on any atom is 0.273 e. The van der Waals surface area contributed by atoms with Gasteiger partial charge < -0.3 is 9.67 Å². The second-order valence-electron chi connectivity index (χ2n) is 2.35. The SMILES string of the molecule is Cc1cc(O)c(Cl)c(=O)n1C. The maximum atomic E-state index is 11.1. The van der Waals surface area contributed by atoms with Gasteiger partial charge in [-0.2, -0.15) is 0 Å². The molecule has 4 heteroatoms. The molecule has 0 bridgehead atoms. The van der Waals surface area contributed by atoms with Gasteiger partial charge in [0.2, 0.25) is 0 Å². The molecule has 1 aromatic rings. The number of aromatic hydroxyl groups is 1. The van der Waals surface area contributed by atoms with Crippen LogP contribution < -0.4 is 5.56 Å². The van der Waals surface area contributed by atoms with Crippen LogP contribution in [0, 0.1) is 6.92 Å². The van der Waals surface area contributed by atoms with Crippen LogP contribution in [-0.2, 0) is 7.05 Å². The Bertz CT molecular complexity index is 314. The Labute approximate surface area is 68.8 Å². The molecular formula is C7H8ClNO2. The Morgan fingerprint density at radius 2 is 2.18 bits per heavy atom. The summed E-state index contributed by atoms with van der Waals surface area (Å²) in [6.45, 7) is 1.72. The molecule has 0 amide bonds. The summed E-state index contributed by atoms with van der Waals surface area (Å²) in [7, 11) is 1.60. The van der Waals surface area contributed by atoms with Crippen LogP contribution in [0.1, 0.15) is 5.69 Å². The molecule has 11 heavy (non-hydrogen) atoms. The number of hydrogen-bond acceptors (Lipinski definition) is 2. The fourth-order valence-electron chi connectivity index (χ4n) is 0.775. The van der Waals surface area contributed by atoms with Gasteiger partial charge in [-0.1, -0.05) is 11.6 Å². The fraction of sp³-hybridized carbons (Fsp3) is 0.286. The van der Waals surface area contributed by atoms with Crippen molar-refractivity contribution >= 4 is 11.6 Å². The van der Waals surface area contributed by atoms with Gasteiger partial charge >= 0.3 is 0 Å². The molecule has 0 aliphatic carbocycles. The lowest BCUT2D eigenvalue weighted by Gasteiger charge is -2.03. The minimum atomic E-state index is -0.371. The molecule has 0 aromatic carbocycles. The zero-order chi connectivity index (χ0) is 8.59. The first-order valence-corrected chi connectivity index (χ1v) is 3.47. The Kier molecular flexibility index (Phi) is 1.91. The van der Waals surface area contributed by atoms with Gasteiger partial charge in [-0.3, -0.25) is 4.79 Å². The number of aryl methyl sites for hydroxylation is 1. The Morgan fingerprint density at radius 3 is 2.73 bits per heavy atom. The van der Waals surface area contributed by atoms with E-state index < -0.39 is 0 Å². The average Bonchev–Trinajstić information content (AvgIpc) is 1.97. The second kappa shape index (κ2) is 2.58. The van der Waals surface area contributed by atoms with Crippen molar-refractivity contribution in [2.24, 2.45) is 7.05 Å². The summed E-state index contributed by atoms with van der Waals surface area (Å²) in [5.41, 5.74) is 0.307. The highest BCUT2D eigenvalue weighted by atomic mass is 35.5. The smallest absolute Gasteiger partial charge is 0.273 e. The van der Waals surface area contributed by atoms with Gasteiger partial charge in [0.15, 0.2) is 0 Å². The van der Waals surface area contributed by atoms with E-state index in [9.17, 15) is 4.79 Å². The first-order chi connectivity index (χ1) is 5.04. The molecule has 0 aliphatic rings. The van der Waals surface area contributed by atoms with Crippen molar-refractivity contribution in [2.45, 2.75) is 6.92 Å². The molecule has 0 unspecified atom stereocenters. The van der Waals surface area contributed by atoms with E-state index in [4.69, 9.17) is 16.7 Å². The molecule has 3 nitrogen and oxygen atoms in total. The predicted octanol–water partition coefficient (Wildman–Crippen LogP) is 1.05. The average molecular weight is 174 g/mol. The number of hydrogen-bond donors (Lipinski definition) is 1. The van der Waals surface area contributed by atoms with Crippen molar-refractivity contribution in [2.75, 3.05) is 0 Å². The summed E-state index contributed by atoms with van der Waals surface area (Å²) in [4.78, 5) is 11.1. The molecule has 0 fully saturated rings. The largest absolute Gasteiger partial charge is 0.506 e. The standard InChI is InChI=1S/C7H8ClNO2/c1-4-3-5(10)6(8)7(11)9(4)2/h3,10H,1-2H3. The third kappa shape index (κ3) is 1.24. The summed E-state index contributed by atoms with van der Waals surface area (Å²) >= 11 is 5.47. The summed E-state index contributed by atoms with van der Waals surface area (Å²) in [5.74, 6) is -0.160. The molecule has 0 atom stereocenters. The molecular weight excluding hydrogens is 166 g/mol. The minimum absolute atomic E-state index is 0.127. The van der Waals surface area contributed by atoms with E-state index in [1.54, 1.807) is 14.0 Å². The monoisotopic (exact) mass is 173 g/mol. The highest BCUT2D eigenvalue weighted by Crippen LogP contribution is 2.18. The van der Waals surface area contributed by atoms with E-state index in [-0.39, 0.29) is 16.3 Å². The van der Waals surface area contributed by atoms with E-state index in [0.717, 1.165) is 0 Å². The lowest BCUT2D eigenvalue weighted by Crippen LogP contribution is -2.18. The number of halogens is 1. The Balaban J connectivity index is 3.59. The topological polar surface area (TPSA) is 42.2 Å². The zero-order valence-corrected chi connectivity index (χ0v) is 7.01. The summed E-state index contributed by atoms with van der Waals surface area (Å²) < 4.78 is 1.38. The third-order valence-electron chi connectivity index (χ3n) is 1.59. The van der Waals surface area contributed by atoms with E-state index in [1.165, 1.54) is 10.6 Å². The van der Waals surface area contributed by atoms with E-state index >= 15 is 0 Å². The summed E-state index contributed by atoms with van der Waals surface area (Å²) in [6.07, 6.45) is 0. The normalized spacial score (nSPS) is 10.1. The van der Waals surface area contributed by atoms with Crippen LogP contribution in [0.5, 0.6) is 5.75 Å². The second-order valence-corrected chi connectivity index (χ2v) is 2.73. The molecule has 0 spiro atoms. The highest BCUT2D eigenvalue weighted by molar-refractivity contribution is 6.31. The van der Waals surface area contributed by atoms with Crippen LogP contribution in [-0.4, -0.2) is 9.67 Å². The molecule has 1 N–H and O–H groups in total. The van der Waals surface area contributed by atoms with Crippen molar-refractivity contribution in [1.29, 1.82) is 0 Å². The zero-order valence-electron chi connectivity index (χ0n) is 6.26. The molecule has 1 rings (SSSR count). The van der Waals surface area contributed by atoms with Gasteiger partial charge in [0.25, 0.3) is 5.56 Å². The lowest BCUT2D eigenvalue weighted by atomic mass is 10.3. The van der Waals surface area contributed by atoms with Crippen molar-refractivity contribution in [1.82, 2.24) is 4.57 Å². The summed E-state index contributed by atoms with van der Waals surface area (Å²) in [6, 6.07) is 1.45. The first-order valence-electron chi connectivity index (χ1n) is 3.09. The van der Waals surface area contributed by atoms with Crippen LogP contribution in [0.15, 0.2) is 10.9 Å². The third-order valence-corrected chi connectivity index (χ3v) is 1.95. The molecule has 0 saturated carbocycles. The Hall–Kier alpha value is -0.960. The lowest BCUT2D eigenvalue weighted by molar-refractivity contribution is 0.471. The van der Waals surface area contributed by atoms with Crippen molar-refractivity contribution in [3.8, 4) is 5.75 Å². The number of nitrogens with zero attached hydrogens (tertiary/aromatic N) is 1. The molecule has 0 radical (unpaired) electrons. The van der Waals surface area contributed by atoms with Gasteiger partial charge in [-0.15, -0.1) is 0 Å². The van der Waals surface area contributed by atoms with Crippen molar-refractivity contribution in [3.05, 3.63) is 27.1 Å².